The number of hydrogen-bond donors (Lipinski definition) is 1. The van der Waals surface area contributed by atoms with Crippen molar-refractivity contribution in [2.24, 2.45) is 0 Å². The van der Waals surface area contributed by atoms with Crippen molar-refractivity contribution < 1.29 is 19.0 Å². The zero-order valence-electron chi connectivity index (χ0n) is 14.7. The first-order valence-corrected chi connectivity index (χ1v) is 8.06. The van der Waals surface area contributed by atoms with E-state index in [2.05, 4.69) is 5.32 Å². The third-order valence-electron chi connectivity index (χ3n) is 3.58. The van der Waals surface area contributed by atoms with E-state index in [1.54, 1.807) is 26.4 Å². The van der Waals surface area contributed by atoms with Gasteiger partial charge in [-0.25, -0.2) is 0 Å². The molecule has 0 spiro atoms. The van der Waals surface area contributed by atoms with Crippen LogP contribution in [-0.4, -0.2) is 26.7 Å². The molecule has 2 rings (SSSR count). The molecular weight excluding hydrogens is 318 g/mol. The van der Waals surface area contributed by atoms with Gasteiger partial charge in [-0.05, 0) is 31.2 Å². The second-order valence-electron chi connectivity index (χ2n) is 5.20. The van der Waals surface area contributed by atoms with Gasteiger partial charge in [-0.3, -0.25) is 4.79 Å². The van der Waals surface area contributed by atoms with Crippen LogP contribution >= 0.6 is 0 Å². The fourth-order valence-electron chi connectivity index (χ4n) is 2.31. The second kappa shape index (κ2) is 9.37. The molecule has 5 nitrogen and oxygen atoms in total. The van der Waals surface area contributed by atoms with E-state index in [-0.39, 0.29) is 5.91 Å². The van der Waals surface area contributed by atoms with Gasteiger partial charge in [-0.2, -0.15) is 0 Å². The molecule has 132 valence electrons. The van der Waals surface area contributed by atoms with Gasteiger partial charge in [-0.15, -0.1) is 0 Å². The summed E-state index contributed by atoms with van der Waals surface area (Å²) in [6.07, 6.45) is 3.19. The Balaban J connectivity index is 2.00. The molecule has 0 aliphatic heterocycles. The van der Waals surface area contributed by atoms with E-state index < -0.39 is 0 Å². The Labute approximate surface area is 148 Å². The summed E-state index contributed by atoms with van der Waals surface area (Å²) in [4.78, 5) is 12.1. The minimum atomic E-state index is -0.191. The maximum atomic E-state index is 12.1. The van der Waals surface area contributed by atoms with Crippen molar-refractivity contribution in [2.75, 3.05) is 20.8 Å². The summed E-state index contributed by atoms with van der Waals surface area (Å²) in [6.45, 7) is 2.92. The molecule has 0 atom stereocenters. The number of nitrogens with one attached hydrogen (secondary N) is 1. The Kier molecular flexibility index (Phi) is 6.89. The average Bonchev–Trinajstić information content (AvgIpc) is 2.65. The first kappa shape index (κ1) is 18.4. The Morgan fingerprint density at radius 1 is 1.08 bits per heavy atom. The molecule has 0 radical (unpaired) electrons. The van der Waals surface area contributed by atoms with Crippen molar-refractivity contribution in [3.63, 3.8) is 0 Å². The molecule has 1 N–H and O–H groups in total. The van der Waals surface area contributed by atoms with Crippen LogP contribution in [0, 0.1) is 0 Å². The van der Waals surface area contributed by atoms with Crippen LogP contribution in [0.5, 0.6) is 17.2 Å². The maximum Gasteiger partial charge on any atom is 0.244 e. The highest BCUT2D eigenvalue weighted by Gasteiger charge is 2.05. The number of hydrogen-bond acceptors (Lipinski definition) is 4. The summed E-state index contributed by atoms with van der Waals surface area (Å²) < 4.78 is 16.0. The number of amides is 1. The summed E-state index contributed by atoms with van der Waals surface area (Å²) in [5.74, 6) is 1.94. The summed E-state index contributed by atoms with van der Waals surface area (Å²) in [5, 5.41) is 2.86. The molecule has 0 bridgehead atoms. The number of rotatable bonds is 8. The molecule has 0 aliphatic carbocycles. The van der Waals surface area contributed by atoms with Crippen molar-refractivity contribution >= 4 is 12.0 Å². The number of ether oxygens (including phenoxy) is 3. The quantitative estimate of drug-likeness (QED) is 0.748. The monoisotopic (exact) mass is 341 g/mol. The molecule has 25 heavy (non-hydrogen) atoms. The lowest BCUT2D eigenvalue weighted by Crippen LogP contribution is -2.20. The number of benzene rings is 2. The van der Waals surface area contributed by atoms with Gasteiger partial charge in [0.05, 0.1) is 20.8 Å². The van der Waals surface area contributed by atoms with Crippen LogP contribution in [0.4, 0.5) is 0 Å². The highest BCUT2D eigenvalue weighted by Crippen LogP contribution is 2.25. The molecule has 0 aliphatic rings. The van der Waals surface area contributed by atoms with Crippen LogP contribution in [-0.2, 0) is 11.3 Å². The standard InChI is InChI=1S/C20H23NO4/c1-4-25-18-8-6-5-7-16(18)14-21-20(22)12-10-15-9-11-17(23-2)13-19(15)24-3/h5-13H,4,14H2,1-3H3,(H,21,22). The maximum absolute atomic E-state index is 12.1. The summed E-state index contributed by atoms with van der Waals surface area (Å²) in [6, 6.07) is 13.1. The largest absolute Gasteiger partial charge is 0.497 e. The average molecular weight is 341 g/mol. The first-order chi connectivity index (χ1) is 12.2. The van der Waals surface area contributed by atoms with Crippen molar-refractivity contribution in [1.29, 1.82) is 0 Å². The molecule has 0 aromatic heterocycles. The van der Waals surface area contributed by atoms with Crippen LogP contribution in [0.1, 0.15) is 18.1 Å². The molecule has 0 saturated heterocycles. The predicted octanol–water partition coefficient (Wildman–Crippen LogP) is 3.43. The van der Waals surface area contributed by atoms with Crippen LogP contribution in [0.2, 0.25) is 0 Å². The van der Waals surface area contributed by atoms with Crippen molar-refractivity contribution in [3.05, 3.63) is 59.7 Å². The van der Waals surface area contributed by atoms with E-state index in [0.29, 0.717) is 24.7 Å². The van der Waals surface area contributed by atoms with E-state index in [1.165, 1.54) is 6.08 Å². The lowest BCUT2D eigenvalue weighted by Gasteiger charge is -2.10. The molecule has 2 aromatic rings. The van der Waals surface area contributed by atoms with Gasteiger partial charge >= 0.3 is 0 Å². The fraction of sp³-hybridized carbons (Fsp3) is 0.250. The highest BCUT2D eigenvalue weighted by molar-refractivity contribution is 5.92. The number of para-hydroxylation sites is 1. The Morgan fingerprint density at radius 3 is 2.60 bits per heavy atom. The lowest BCUT2D eigenvalue weighted by molar-refractivity contribution is -0.116. The van der Waals surface area contributed by atoms with Crippen molar-refractivity contribution in [3.8, 4) is 17.2 Å². The smallest absolute Gasteiger partial charge is 0.244 e. The third kappa shape index (κ3) is 5.28. The van der Waals surface area contributed by atoms with Crippen molar-refractivity contribution in [2.45, 2.75) is 13.5 Å². The van der Waals surface area contributed by atoms with Crippen LogP contribution < -0.4 is 19.5 Å². The van der Waals surface area contributed by atoms with Gasteiger partial charge in [0, 0.05) is 29.8 Å². The van der Waals surface area contributed by atoms with Crippen LogP contribution in [0.25, 0.3) is 6.08 Å². The summed E-state index contributed by atoms with van der Waals surface area (Å²) in [7, 11) is 3.18. The molecule has 0 heterocycles. The fourth-order valence-corrected chi connectivity index (χ4v) is 2.31. The van der Waals surface area contributed by atoms with Gasteiger partial charge in [-0.1, -0.05) is 18.2 Å². The summed E-state index contributed by atoms with van der Waals surface area (Å²) in [5.41, 5.74) is 1.74. The topological polar surface area (TPSA) is 56.8 Å². The zero-order chi connectivity index (χ0) is 18.1. The minimum Gasteiger partial charge on any atom is -0.497 e. The van der Waals surface area contributed by atoms with E-state index in [4.69, 9.17) is 14.2 Å². The Bertz CT molecular complexity index is 740. The molecule has 0 unspecified atom stereocenters. The van der Waals surface area contributed by atoms with Crippen LogP contribution in [0.15, 0.2) is 48.5 Å². The van der Waals surface area contributed by atoms with Gasteiger partial charge in [0.1, 0.15) is 17.2 Å². The Hall–Kier alpha value is -2.95. The van der Waals surface area contributed by atoms with E-state index in [9.17, 15) is 4.79 Å². The van der Waals surface area contributed by atoms with E-state index in [0.717, 1.165) is 16.9 Å². The second-order valence-corrected chi connectivity index (χ2v) is 5.20. The van der Waals surface area contributed by atoms with E-state index in [1.807, 2.05) is 43.3 Å². The molecule has 2 aromatic carbocycles. The number of methoxy groups -OCH3 is 2. The van der Waals surface area contributed by atoms with Gasteiger partial charge in [0.2, 0.25) is 5.91 Å². The normalized spacial score (nSPS) is 10.5. The SMILES string of the molecule is CCOc1ccccc1CNC(=O)C=Cc1ccc(OC)cc1OC. The molecule has 5 heteroatoms. The third-order valence-corrected chi connectivity index (χ3v) is 3.58. The molecule has 0 saturated carbocycles. The summed E-state index contributed by atoms with van der Waals surface area (Å²) >= 11 is 0. The molecular formula is C20H23NO4. The van der Waals surface area contributed by atoms with Gasteiger partial charge in [0.25, 0.3) is 0 Å². The van der Waals surface area contributed by atoms with Gasteiger partial charge < -0.3 is 19.5 Å². The predicted molar refractivity (Wildman–Crippen MR) is 98.0 cm³/mol. The number of carbonyl (C=O) groups excluding carboxylic acids is 1. The molecule has 1 amide bonds. The zero-order valence-corrected chi connectivity index (χ0v) is 14.7. The van der Waals surface area contributed by atoms with Gasteiger partial charge in [0.15, 0.2) is 0 Å². The van der Waals surface area contributed by atoms with E-state index >= 15 is 0 Å². The molecule has 0 fully saturated rings. The van der Waals surface area contributed by atoms with Crippen LogP contribution in [0.3, 0.4) is 0 Å². The number of carbonyl (C=O) groups is 1. The Morgan fingerprint density at radius 2 is 1.88 bits per heavy atom. The van der Waals surface area contributed by atoms with Crippen molar-refractivity contribution in [1.82, 2.24) is 5.32 Å². The lowest BCUT2D eigenvalue weighted by atomic mass is 10.1. The highest BCUT2D eigenvalue weighted by atomic mass is 16.5. The minimum absolute atomic E-state index is 0.191. The first-order valence-electron chi connectivity index (χ1n) is 8.06.